The number of carbonyl (C=O) groups excluding carboxylic acids is 1. The maximum Gasteiger partial charge on any atom is 0.259 e. The first-order chi connectivity index (χ1) is 11.6. The van der Waals surface area contributed by atoms with E-state index < -0.39 is 0 Å². The van der Waals surface area contributed by atoms with Gasteiger partial charge in [-0.25, -0.2) is 9.50 Å². The van der Waals surface area contributed by atoms with Crippen molar-refractivity contribution in [2.24, 2.45) is 0 Å². The number of nitrogens with zero attached hydrogens (tertiary/aromatic N) is 4. The Bertz CT molecular complexity index is 863. The van der Waals surface area contributed by atoms with E-state index in [4.69, 9.17) is 11.6 Å². The number of rotatable bonds is 5. The summed E-state index contributed by atoms with van der Waals surface area (Å²) in [6.45, 7) is 2.72. The van der Waals surface area contributed by atoms with Crippen LogP contribution < -0.4 is 4.90 Å². The highest BCUT2D eigenvalue weighted by Crippen LogP contribution is 2.21. The second-order valence-electron chi connectivity index (χ2n) is 5.39. The Morgan fingerprint density at radius 1 is 1.29 bits per heavy atom. The summed E-state index contributed by atoms with van der Waals surface area (Å²) in [5, 5.41) is 4.64. The molecule has 0 aliphatic rings. The molecule has 0 N–H and O–H groups in total. The van der Waals surface area contributed by atoms with Gasteiger partial charge in [0, 0.05) is 12.7 Å². The Morgan fingerprint density at radius 3 is 2.83 bits per heavy atom. The van der Waals surface area contributed by atoms with E-state index in [1.54, 1.807) is 34.1 Å². The van der Waals surface area contributed by atoms with E-state index in [1.807, 2.05) is 18.2 Å². The summed E-state index contributed by atoms with van der Waals surface area (Å²) in [7, 11) is 0. The van der Waals surface area contributed by atoms with Crippen LogP contribution in [-0.2, 0) is 0 Å². The van der Waals surface area contributed by atoms with Gasteiger partial charge in [0.15, 0.2) is 0 Å². The number of aromatic nitrogens is 3. The standard InChI is InChI=1S/C17H16BrClN4O/c1-2-3-8-22(13-5-7-16(19)20-9-13)17(24)12-4-6-15-14(18)10-21-23(15)11-12/h4-7,9-11H,2-3,8H2,1H3. The molecule has 1 amide bonds. The van der Waals surface area contributed by atoms with E-state index in [9.17, 15) is 4.79 Å². The Kier molecular flexibility index (Phi) is 5.16. The normalized spacial score (nSPS) is 11.0. The first-order valence-electron chi connectivity index (χ1n) is 7.66. The lowest BCUT2D eigenvalue weighted by Crippen LogP contribution is -2.32. The maximum absolute atomic E-state index is 13.0. The summed E-state index contributed by atoms with van der Waals surface area (Å²) < 4.78 is 2.58. The molecule has 0 fully saturated rings. The van der Waals surface area contributed by atoms with E-state index in [1.165, 1.54) is 0 Å². The van der Waals surface area contributed by atoms with Gasteiger partial charge in [-0.2, -0.15) is 5.10 Å². The van der Waals surface area contributed by atoms with Crippen LogP contribution in [0.2, 0.25) is 5.15 Å². The summed E-state index contributed by atoms with van der Waals surface area (Å²) in [4.78, 5) is 18.8. The molecule has 0 atom stereocenters. The molecular formula is C17H16BrClN4O. The monoisotopic (exact) mass is 406 g/mol. The first-order valence-corrected chi connectivity index (χ1v) is 8.83. The molecule has 0 spiro atoms. The number of amides is 1. The number of anilines is 1. The van der Waals surface area contributed by atoms with Gasteiger partial charge in [0.05, 0.1) is 33.6 Å². The smallest absolute Gasteiger partial charge is 0.259 e. The van der Waals surface area contributed by atoms with Crippen molar-refractivity contribution < 1.29 is 4.79 Å². The van der Waals surface area contributed by atoms with Gasteiger partial charge in [0.1, 0.15) is 5.15 Å². The molecule has 3 aromatic heterocycles. The lowest BCUT2D eigenvalue weighted by Gasteiger charge is -2.22. The van der Waals surface area contributed by atoms with Crippen molar-refractivity contribution >= 4 is 44.6 Å². The molecule has 0 saturated heterocycles. The molecule has 124 valence electrons. The number of hydrogen-bond donors (Lipinski definition) is 0. The van der Waals surface area contributed by atoms with E-state index >= 15 is 0 Å². The van der Waals surface area contributed by atoms with Crippen LogP contribution >= 0.6 is 27.5 Å². The highest BCUT2D eigenvalue weighted by Gasteiger charge is 2.18. The SMILES string of the molecule is CCCCN(C(=O)c1ccc2c(Br)cnn2c1)c1ccc(Cl)nc1. The average molecular weight is 408 g/mol. The molecule has 5 nitrogen and oxygen atoms in total. The van der Waals surface area contributed by atoms with Crippen LogP contribution in [0, 0.1) is 0 Å². The van der Waals surface area contributed by atoms with Crippen molar-refractivity contribution in [2.75, 3.05) is 11.4 Å². The summed E-state index contributed by atoms with van der Waals surface area (Å²) in [6, 6.07) is 7.19. The van der Waals surface area contributed by atoms with Crippen LogP contribution in [0.25, 0.3) is 5.52 Å². The van der Waals surface area contributed by atoms with Crippen molar-refractivity contribution in [1.82, 2.24) is 14.6 Å². The van der Waals surface area contributed by atoms with Gasteiger partial charge >= 0.3 is 0 Å². The van der Waals surface area contributed by atoms with Crippen molar-refractivity contribution in [3.63, 3.8) is 0 Å². The number of unbranched alkanes of at least 4 members (excludes halogenated alkanes) is 1. The lowest BCUT2D eigenvalue weighted by molar-refractivity contribution is 0.0986. The largest absolute Gasteiger partial charge is 0.307 e. The topological polar surface area (TPSA) is 50.5 Å². The van der Waals surface area contributed by atoms with Gasteiger partial charge in [0.25, 0.3) is 5.91 Å². The summed E-state index contributed by atoms with van der Waals surface area (Å²) in [5.41, 5.74) is 2.23. The molecule has 0 aliphatic heterocycles. The van der Waals surface area contributed by atoms with Gasteiger partial charge in [0.2, 0.25) is 0 Å². The van der Waals surface area contributed by atoms with Crippen LogP contribution in [0.4, 0.5) is 5.69 Å². The lowest BCUT2D eigenvalue weighted by atomic mass is 10.2. The predicted octanol–water partition coefficient (Wildman–Crippen LogP) is 4.59. The number of carbonyl (C=O) groups is 1. The van der Waals surface area contributed by atoms with Gasteiger partial charge in [-0.05, 0) is 46.6 Å². The predicted molar refractivity (Wildman–Crippen MR) is 98.7 cm³/mol. The Morgan fingerprint density at radius 2 is 2.12 bits per heavy atom. The van der Waals surface area contributed by atoms with Crippen LogP contribution in [0.5, 0.6) is 0 Å². The molecule has 3 aromatic rings. The average Bonchev–Trinajstić information content (AvgIpc) is 2.97. The molecule has 3 heterocycles. The van der Waals surface area contributed by atoms with E-state index in [0.717, 1.165) is 28.5 Å². The van der Waals surface area contributed by atoms with E-state index in [2.05, 4.69) is 32.9 Å². The highest BCUT2D eigenvalue weighted by atomic mass is 79.9. The highest BCUT2D eigenvalue weighted by molar-refractivity contribution is 9.10. The number of hydrogen-bond acceptors (Lipinski definition) is 3. The minimum absolute atomic E-state index is 0.0823. The summed E-state index contributed by atoms with van der Waals surface area (Å²) >= 11 is 9.29. The van der Waals surface area contributed by atoms with Crippen molar-refractivity contribution in [3.8, 4) is 0 Å². The Hall–Kier alpha value is -1.92. The second kappa shape index (κ2) is 7.32. The number of halogens is 2. The zero-order valence-corrected chi connectivity index (χ0v) is 15.5. The van der Waals surface area contributed by atoms with Gasteiger partial charge in [-0.3, -0.25) is 4.79 Å². The molecule has 0 aliphatic carbocycles. The zero-order chi connectivity index (χ0) is 17.1. The fourth-order valence-corrected chi connectivity index (χ4v) is 2.94. The molecular weight excluding hydrogens is 392 g/mol. The van der Waals surface area contributed by atoms with Gasteiger partial charge < -0.3 is 4.90 Å². The summed E-state index contributed by atoms with van der Waals surface area (Å²) in [5.74, 6) is -0.0823. The number of fused-ring (bicyclic) bond motifs is 1. The fourth-order valence-electron chi connectivity index (χ4n) is 2.43. The van der Waals surface area contributed by atoms with Crippen LogP contribution in [-0.4, -0.2) is 27.0 Å². The molecule has 0 radical (unpaired) electrons. The minimum atomic E-state index is -0.0823. The Labute approximate surface area is 153 Å². The third-order valence-electron chi connectivity index (χ3n) is 3.72. The molecule has 0 unspecified atom stereocenters. The van der Waals surface area contributed by atoms with Crippen LogP contribution in [0.1, 0.15) is 30.1 Å². The maximum atomic E-state index is 13.0. The van der Waals surface area contributed by atoms with Crippen LogP contribution in [0.3, 0.4) is 0 Å². The fraction of sp³-hybridized carbons (Fsp3) is 0.235. The molecule has 0 aromatic carbocycles. The summed E-state index contributed by atoms with van der Waals surface area (Å²) in [6.07, 6.45) is 6.98. The van der Waals surface area contributed by atoms with E-state index in [-0.39, 0.29) is 5.91 Å². The second-order valence-corrected chi connectivity index (χ2v) is 6.63. The molecule has 3 rings (SSSR count). The van der Waals surface area contributed by atoms with Gasteiger partial charge in [-0.1, -0.05) is 24.9 Å². The third-order valence-corrected chi connectivity index (χ3v) is 4.55. The molecule has 24 heavy (non-hydrogen) atoms. The van der Waals surface area contributed by atoms with Crippen molar-refractivity contribution in [3.05, 3.63) is 58.0 Å². The third kappa shape index (κ3) is 3.44. The van der Waals surface area contributed by atoms with E-state index in [0.29, 0.717) is 17.3 Å². The molecule has 7 heteroatoms. The molecule has 0 saturated carbocycles. The van der Waals surface area contributed by atoms with Gasteiger partial charge in [-0.15, -0.1) is 0 Å². The quantitative estimate of drug-likeness (QED) is 0.581. The first kappa shape index (κ1) is 16.9. The number of pyridine rings is 2. The van der Waals surface area contributed by atoms with Crippen molar-refractivity contribution in [1.29, 1.82) is 0 Å². The van der Waals surface area contributed by atoms with Crippen molar-refractivity contribution in [2.45, 2.75) is 19.8 Å². The zero-order valence-electron chi connectivity index (χ0n) is 13.1. The van der Waals surface area contributed by atoms with Crippen LogP contribution in [0.15, 0.2) is 47.3 Å². The Balaban J connectivity index is 1.95. The minimum Gasteiger partial charge on any atom is -0.307 e. The molecule has 0 bridgehead atoms.